The highest BCUT2D eigenvalue weighted by atomic mass is 35.5. The lowest BCUT2D eigenvalue weighted by Gasteiger charge is -2.23. The molecule has 2 aliphatic carbocycles. The van der Waals surface area contributed by atoms with Gasteiger partial charge in [0.2, 0.25) is 5.91 Å². The smallest absolute Gasteiger partial charge is 0.293 e. The minimum Gasteiger partial charge on any atom is -0.382 e. The van der Waals surface area contributed by atoms with Crippen molar-refractivity contribution in [2.24, 2.45) is 13.0 Å². The van der Waals surface area contributed by atoms with Gasteiger partial charge in [-0.3, -0.25) is 14.2 Å². The van der Waals surface area contributed by atoms with Crippen molar-refractivity contribution in [1.82, 2.24) is 39.8 Å². The summed E-state index contributed by atoms with van der Waals surface area (Å²) in [6.45, 7) is -0.742. The molecule has 0 spiro atoms. The van der Waals surface area contributed by atoms with E-state index < -0.39 is 65.7 Å². The number of carbonyl (C=O) groups is 1. The summed E-state index contributed by atoms with van der Waals surface area (Å²) in [5.41, 5.74) is 6.88. The number of hydrogen-bond acceptors (Lipinski definition) is 7. The molecule has 1 unspecified atom stereocenters. The van der Waals surface area contributed by atoms with Gasteiger partial charge in [-0.2, -0.15) is 19.0 Å². The zero-order chi connectivity index (χ0) is 36.8. The van der Waals surface area contributed by atoms with Gasteiger partial charge in [0.1, 0.15) is 42.0 Å². The fourth-order valence-corrected chi connectivity index (χ4v) is 7.70. The number of ether oxygens (including phenoxy) is 1. The molecule has 11 nitrogen and oxygen atoms in total. The molecule has 1 fully saturated rings. The van der Waals surface area contributed by atoms with Gasteiger partial charge in [0, 0.05) is 42.8 Å². The maximum absolute atomic E-state index is 15.3. The number of nitrogens with zero attached hydrogens (tertiary/aromatic N) is 6. The SMILES string of the molecule is COCc1nc2nc([C@H](Cc3cc(F)cc(F)c3)NC(=O)Cn3nc(C(F)F)c4c3C(F)(F)[C@@H]3CC43)c(-c3ccc(Cl)c4c(N)nn(C)c34)cc2[nH]1. The zero-order valence-corrected chi connectivity index (χ0v) is 28.1. The van der Waals surface area contributed by atoms with Crippen LogP contribution in [0.1, 0.15) is 58.8 Å². The molecule has 4 heterocycles. The number of alkyl halides is 4. The van der Waals surface area contributed by atoms with Crippen molar-refractivity contribution < 1.29 is 35.9 Å². The second kappa shape index (κ2) is 12.2. The molecule has 18 heteroatoms. The van der Waals surface area contributed by atoms with E-state index in [1.165, 1.54) is 11.8 Å². The number of fused-ring (bicyclic) bond motifs is 5. The molecule has 0 bridgehead atoms. The van der Waals surface area contributed by atoms with E-state index in [0.717, 1.165) is 12.1 Å². The highest BCUT2D eigenvalue weighted by molar-refractivity contribution is 6.37. The Morgan fingerprint density at radius 3 is 2.58 bits per heavy atom. The minimum absolute atomic E-state index is 0.0559. The predicted molar refractivity (Wildman–Crippen MR) is 177 cm³/mol. The molecule has 1 saturated carbocycles. The van der Waals surface area contributed by atoms with E-state index in [1.54, 1.807) is 25.2 Å². The molecule has 3 atom stereocenters. The first-order chi connectivity index (χ1) is 24.7. The maximum atomic E-state index is 15.3. The molecule has 52 heavy (non-hydrogen) atoms. The molecule has 270 valence electrons. The van der Waals surface area contributed by atoms with Gasteiger partial charge in [-0.05, 0) is 48.6 Å². The van der Waals surface area contributed by atoms with Crippen LogP contribution in [0.4, 0.5) is 32.2 Å². The summed E-state index contributed by atoms with van der Waals surface area (Å²) in [7, 11) is 3.14. The molecule has 6 aromatic rings. The number of carbonyl (C=O) groups excluding carboxylic acids is 1. The summed E-state index contributed by atoms with van der Waals surface area (Å²) in [4.78, 5) is 26.3. The largest absolute Gasteiger partial charge is 0.382 e. The molecule has 8 rings (SSSR count). The standard InChI is InChI=1S/C34H28ClF6N9O2/c1-49-29-16(3-4-20(35)26(29)32(42)48-49)17-10-22-33(45-23(43-22)12-52-2)46-27(17)21(7-13-5-14(36)8-15(37)6-13)44-24(51)11-50-30-25(28(47-50)31(38)39)18-9-19(18)34(30,40)41/h3-6,8,10,18-19,21,31H,7,9,11-12H2,1-2H3,(H2,42,48)(H,44,51)(H,43,45,46)/t18?,19-,21+/m1/s1. The van der Waals surface area contributed by atoms with E-state index in [1.807, 2.05) is 0 Å². The number of aromatic amines is 1. The van der Waals surface area contributed by atoms with Crippen LogP contribution in [0.2, 0.25) is 5.02 Å². The van der Waals surface area contributed by atoms with Gasteiger partial charge in [-0.1, -0.05) is 17.7 Å². The van der Waals surface area contributed by atoms with Gasteiger partial charge >= 0.3 is 0 Å². The number of nitrogen functional groups attached to an aromatic ring is 1. The topological polar surface area (TPSA) is 142 Å². The van der Waals surface area contributed by atoms with Crippen LogP contribution >= 0.6 is 11.6 Å². The Morgan fingerprint density at radius 2 is 1.87 bits per heavy atom. The normalized spacial score (nSPS) is 18.0. The van der Waals surface area contributed by atoms with Crippen LogP contribution in [-0.4, -0.2) is 47.5 Å². The summed E-state index contributed by atoms with van der Waals surface area (Å²) in [6.07, 6.45) is -3.32. The zero-order valence-electron chi connectivity index (χ0n) is 27.3. The van der Waals surface area contributed by atoms with Crippen molar-refractivity contribution in [2.45, 2.75) is 50.3 Å². The number of imidazole rings is 1. The number of nitrogens with one attached hydrogen (secondary N) is 2. The molecule has 2 aliphatic rings. The van der Waals surface area contributed by atoms with Crippen LogP contribution in [0.25, 0.3) is 33.2 Å². The molecule has 0 saturated heterocycles. The highest BCUT2D eigenvalue weighted by Crippen LogP contribution is 2.68. The van der Waals surface area contributed by atoms with E-state index in [-0.39, 0.29) is 47.7 Å². The third-order valence-electron chi connectivity index (χ3n) is 9.58. The van der Waals surface area contributed by atoms with Crippen molar-refractivity contribution in [1.29, 1.82) is 0 Å². The van der Waals surface area contributed by atoms with Crippen LogP contribution in [0.3, 0.4) is 0 Å². The molecular weight excluding hydrogens is 716 g/mol. The first-order valence-electron chi connectivity index (χ1n) is 16.1. The first-order valence-corrected chi connectivity index (χ1v) is 16.4. The van der Waals surface area contributed by atoms with Crippen LogP contribution < -0.4 is 11.1 Å². The lowest BCUT2D eigenvalue weighted by Crippen LogP contribution is -2.35. The Labute approximate surface area is 295 Å². The summed E-state index contributed by atoms with van der Waals surface area (Å²) in [6, 6.07) is 6.66. The number of halogens is 7. The number of aromatic nitrogens is 7. The monoisotopic (exact) mass is 743 g/mol. The fraction of sp³-hybridized carbons (Fsp3) is 0.324. The number of anilines is 1. The first kappa shape index (κ1) is 34.0. The third-order valence-corrected chi connectivity index (χ3v) is 9.89. The van der Waals surface area contributed by atoms with Gasteiger partial charge < -0.3 is 20.8 Å². The predicted octanol–water partition coefficient (Wildman–Crippen LogP) is 6.62. The van der Waals surface area contributed by atoms with Gasteiger partial charge in [0.05, 0.1) is 33.2 Å². The van der Waals surface area contributed by atoms with Gasteiger partial charge in [0.15, 0.2) is 11.5 Å². The fourth-order valence-electron chi connectivity index (χ4n) is 7.45. The summed E-state index contributed by atoms with van der Waals surface area (Å²) < 4.78 is 94.9. The second-order valence-electron chi connectivity index (χ2n) is 13.0. The Kier molecular flexibility index (Phi) is 7.98. The van der Waals surface area contributed by atoms with Crippen LogP contribution in [0.5, 0.6) is 0 Å². The lowest BCUT2D eigenvalue weighted by molar-refractivity contribution is -0.123. The van der Waals surface area contributed by atoms with E-state index >= 15 is 8.78 Å². The van der Waals surface area contributed by atoms with Crippen LogP contribution in [-0.2, 0) is 42.1 Å². The Balaban J connectivity index is 1.28. The number of pyridine rings is 1. The van der Waals surface area contributed by atoms with Gasteiger partial charge in [-0.15, -0.1) is 0 Å². The van der Waals surface area contributed by atoms with Gasteiger partial charge in [-0.25, -0.2) is 27.5 Å². The number of benzene rings is 2. The van der Waals surface area contributed by atoms with E-state index in [2.05, 4.69) is 25.5 Å². The number of rotatable bonds is 10. The summed E-state index contributed by atoms with van der Waals surface area (Å²) >= 11 is 6.53. The molecule has 4 N–H and O–H groups in total. The number of H-pyrrole nitrogens is 1. The number of aryl methyl sites for hydroxylation is 1. The van der Waals surface area contributed by atoms with Crippen molar-refractivity contribution in [2.75, 3.05) is 12.8 Å². The third kappa shape index (κ3) is 5.53. The Hall–Kier alpha value is -5.16. The molecule has 2 aromatic carbocycles. The molecule has 1 amide bonds. The summed E-state index contributed by atoms with van der Waals surface area (Å²) in [5.74, 6) is -7.42. The number of amides is 1. The minimum atomic E-state index is -3.45. The number of hydrogen-bond donors (Lipinski definition) is 3. The van der Waals surface area contributed by atoms with Crippen molar-refractivity contribution in [3.63, 3.8) is 0 Å². The van der Waals surface area contributed by atoms with E-state index in [9.17, 15) is 22.4 Å². The Bertz CT molecular complexity index is 2410. The Morgan fingerprint density at radius 1 is 1.12 bits per heavy atom. The quantitative estimate of drug-likeness (QED) is 0.134. The summed E-state index contributed by atoms with van der Waals surface area (Å²) in [5, 5.41) is 11.6. The number of nitrogens with two attached hydrogens (primary N) is 1. The second-order valence-corrected chi connectivity index (χ2v) is 13.4. The number of methoxy groups -OCH3 is 1. The van der Waals surface area contributed by atoms with Crippen molar-refractivity contribution >= 4 is 45.4 Å². The van der Waals surface area contributed by atoms with E-state index in [4.69, 9.17) is 27.1 Å². The maximum Gasteiger partial charge on any atom is 0.293 e. The van der Waals surface area contributed by atoms with Crippen molar-refractivity contribution in [3.05, 3.63) is 87.1 Å². The molecular formula is C34H28ClF6N9O2. The van der Waals surface area contributed by atoms with Crippen LogP contribution in [0.15, 0.2) is 36.4 Å². The average molecular weight is 744 g/mol. The lowest BCUT2D eigenvalue weighted by atomic mass is 9.94. The highest BCUT2D eigenvalue weighted by Gasteiger charge is 2.67. The molecule has 4 aromatic heterocycles. The van der Waals surface area contributed by atoms with Crippen LogP contribution in [0, 0.1) is 17.6 Å². The van der Waals surface area contributed by atoms with Crippen molar-refractivity contribution in [3.8, 4) is 11.1 Å². The average Bonchev–Trinajstić information content (AvgIpc) is 3.36. The molecule has 0 aliphatic heterocycles. The van der Waals surface area contributed by atoms with Gasteiger partial charge in [0.25, 0.3) is 12.3 Å². The molecule has 0 radical (unpaired) electrons. The van der Waals surface area contributed by atoms with E-state index in [0.29, 0.717) is 49.1 Å².